The van der Waals surface area contributed by atoms with Crippen molar-refractivity contribution in [2.75, 3.05) is 10.6 Å². The van der Waals surface area contributed by atoms with E-state index in [1.165, 1.54) is 0 Å². The van der Waals surface area contributed by atoms with Crippen molar-refractivity contribution >= 4 is 23.3 Å². The van der Waals surface area contributed by atoms with Crippen molar-refractivity contribution in [3.63, 3.8) is 0 Å². The van der Waals surface area contributed by atoms with E-state index in [0.29, 0.717) is 18.2 Å². The zero-order chi connectivity index (χ0) is 16.9. The van der Waals surface area contributed by atoms with Crippen molar-refractivity contribution in [3.8, 4) is 0 Å². The molecule has 124 valence electrons. The van der Waals surface area contributed by atoms with Crippen molar-refractivity contribution in [1.29, 1.82) is 0 Å². The average Bonchev–Trinajstić information content (AvgIpc) is 3.33. The van der Waals surface area contributed by atoms with E-state index >= 15 is 0 Å². The van der Waals surface area contributed by atoms with E-state index in [4.69, 9.17) is 0 Å². The van der Waals surface area contributed by atoms with Crippen molar-refractivity contribution in [1.82, 2.24) is 5.32 Å². The first-order chi connectivity index (χ1) is 11.6. The Morgan fingerprint density at radius 2 is 1.71 bits per heavy atom. The molecule has 0 aliphatic heterocycles. The third-order valence-electron chi connectivity index (χ3n) is 3.79. The van der Waals surface area contributed by atoms with Gasteiger partial charge in [0.2, 0.25) is 5.91 Å². The SMILES string of the molecule is Cc1cccc(NC(=O)Nc2ccc(CC(=O)NC3CC3)cc2)c1. The normalized spacial score (nSPS) is 13.2. The van der Waals surface area contributed by atoms with Crippen LogP contribution < -0.4 is 16.0 Å². The van der Waals surface area contributed by atoms with Crippen molar-refractivity contribution in [2.45, 2.75) is 32.2 Å². The molecular weight excluding hydrogens is 302 g/mol. The molecule has 3 amide bonds. The standard InChI is InChI=1S/C19H21N3O2/c1-13-3-2-4-17(11-13)22-19(24)21-16-7-5-14(6-8-16)12-18(23)20-15-9-10-15/h2-8,11,15H,9-10,12H2,1H3,(H,20,23)(H2,21,22,24). The summed E-state index contributed by atoms with van der Waals surface area (Å²) in [6.07, 6.45) is 2.54. The Bertz CT molecular complexity index is 737. The van der Waals surface area contributed by atoms with Gasteiger partial charge in [-0.2, -0.15) is 0 Å². The van der Waals surface area contributed by atoms with Crippen LogP contribution in [0.25, 0.3) is 0 Å². The van der Waals surface area contributed by atoms with Gasteiger partial charge in [-0.1, -0.05) is 24.3 Å². The van der Waals surface area contributed by atoms with Gasteiger partial charge in [0.25, 0.3) is 0 Å². The molecule has 0 spiro atoms. The van der Waals surface area contributed by atoms with Crippen molar-refractivity contribution < 1.29 is 9.59 Å². The Labute approximate surface area is 141 Å². The quantitative estimate of drug-likeness (QED) is 0.788. The molecule has 1 saturated carbocycles. The molecule has 0 atom stereocenters. The number of carbonyl (C=O) groups is 2. The monoisotopic (exact) mass is 323 g/mol. The van der Waals surface area contributed by atoms with E-state index in [0.717, 1.165) is 29.7 Å². The van der Waals surface area contributed by atoms with E-state index < -0.39 is 0 Å². The van der Waals surface area contributed by atoms with E-state index in [-0.39, 0.29) is 11.9 Å². The molecule has 0 aromatic heterocycles. The Morgan fingerprint density at radius 1 is 1.00 bits per heavy atom. The Hall–Kier alpha value is -2.82. The van der Waals surface area contributed by atoms with Gasteiger partial charge in [0.05, 0.1) is 6.42 Å². The number of rotatable bonds is 5. The summed E-state index contributed by atoms with van der Waals surface area (Å²) in [6.45, 7) is 1.97. The van der Waals surface area contributed by atoms with Crippen LogP contribution >= 0.6 is 0 Å². The zero-order valence-electron chi connectivity index (χ0n) is 13.6. The summed E-state index contributed by atoms with van der Waals surface area (Å²) in [5.74, 6) is 0.0513. The molecule has 0 radical (unpaired) electrons. The van der Waals surface area contributed by atoms with Crippen LogP contribution in [-0.4, -0.2) is 18.0 Å². The highest BCUT2D eigenvalue weighted by Gasteiger charge is 2.22. The van der Waals surface area contributed by atoms with Crippen LogP contribution in [0.3, 0.4) is 0 Å². The number of carbonyl (C=O) groups excluding carboxylic acids is 2. The van der Waals surface area contributed by atoms with Crippen LogP contribution in [0.5, 0.6) is 0 Å². The minimum absolute atomic E-state index is 0.0513. The minimum Gasteiger partial charge on any atom is -0.353 e. The number of benzene rings is 2. The number of nitrogens with one attached hydrogen (secondary N) is 3. The Balaban J connectivity index is 1.51. The van der Waals surface area contributed by atoms with Gasteiger partial charge in [0.15, 0.2) is 0 Å². The van der Waals surface area contributed by atoms with E-state index in [2.05, 4.69) is 16.0 Å². The molecule has 0 bridgehead atoms. The van der Waals surface area contributed by atoms with E-state index in [1.807, 2.05) is 43.3 Å². The van der Waals surface area contributed by atoms with Crippen molar-refractivity contribution in [3.05, 3.63) is 59.7 Å². The number of hydrogen-bond donors (Lipinski definition) is 3. The molecule has 1 fully saturated rings. The Morgan fingerprint density at radius 3 is 2.38 bits per heavy atom. The number of amides is 3. The predicted molar refractivity (Wildman–Crippen MR) is 95.1 cm³/mol. The highest BCUT2D eigenvalue weighted by Crippen LogP contribution is 2.19. The van der Waals surface area contributed by atoms with Gasteiger partial charge in [-0.3, -0.25) is 4.79 Å². The molecule has 0 heterocycles. The van der Waals surface area contributed by atoms with Gasteiger partial charge >= 0.3 is 6.03 Å². The first-order valence-corrected chi connectivity index (χ1v) is 8.11. The summed E-state index contributed by atoms with van der Waals surface area (Å²) in [7, 11) is 0. The van der Waals surface area contributed by atoms with Gasteiger partial charge in [-0.25, -0.2) is 4.79 Å². The summed E-state index contributed by atoms with van der Waals surface area (Å²) < 4.78 is 0. The highest BCUT2D eigenvalue weighted by molar-refractivity contribution is 5.99. The minimum atomic E-state index is -0.292. The molecule has 0 unspecified atom stereocenters. The second-order valence-electron chi connectivity index (χ2n) is 6.16. The van der Waals surface area contributed by atoms with Gasteiger partial charge in [0, 0.05) is 17.4 Å². The fourth-order valence-electron chi connectivity index (χ4n) is 2.41. The first-order valence-electron chi connectivity index (χ1n) is 8.11. The first kappa shape index (κ1) is 16.1. The molecule has 5 nitrogen and oxygen atoms in total. The largest absolute Gasteiger partial charge is 0.353 e. The number of urea groups is 1. The number of aryl methyl sites for hydroxylation is 1. The van der Waals surface area contributed by atoms with E-state index in [1.54, 1.807) is 12.1 Å². The predicted octanol–water partition coefficient (Wildman–Crippen LogP) is 3.46. The van der Waals surface area contributed by atoms with Crippen LogP contribution in [-0.2, 0) is 11.2 Å². The third-order valence-corrected chi connectivity index (χ3v) is 3.79. The van der Waals surface area contributed by atoms with Crippen molar-refractivity contribution in [2.24, 2.45) is 0 Å². The lowest BCUT2D eigenvalue weighted by Crippen LogP contribution is -2.26. The second-order valence-corrected chi connectivity index (χ2v) is 6.16. The molecular formula is C19H21N3O2. The lowest BCUT2D eigenvalue weighted by Gasteiger charge is -2.09. The molecule has 2 aromatic rings. The lowest BCUT2D eigenvalue weighted by atomic mass is 10.1. The lowest BCUT2D eigenvalue weighted by molar-refractivity contribution is -0.120. The van der Waals surface area contributed by atoms with Crippen LogP contribution in [0.4, 0.5) is 16.2 Å². The van der Waals surface area contributed by atoms with Crippen LogP contribution in [0.15, 0.2) is 48.5 Å². The average molecular weight is 323 g/mol. The summed E-state index contributed by atoms with van der Waals surface area (Å²) in [4.78, 5) is 23.8. The Kier molecular flexibility index (Phi) is 4.79. The molecule has 2 aromatic carbocycles. The van der Waals surface area contributed by atoms with Gasteiger partial charge < -0.3 is 16.0 Å². The fourth-order valence-corrected chi connectivity index (χ4v) is 2.41. The molecule has 24 heavy (non-hydrogen) atoms. The van der Waals surface area contributed by atoms with E-state index in [9.17, 15) is 9.59 Å². The van der Waals surface area contributed by atoms with Gasteiger partial charge in [-0.15, -0.1) is 0 Å². The summed E-state index contributed by atoms with van der Waals surface area (Å²) in [6, 6.07) is 15.0. The van der Waals surface area contributed by atoms with Crippen LogP contribution in [0.2, 0.25) is 0 Å². The van der Waals surface area contributed by atoms with Crippen LogP contribution in [0, 0.1) is 6.92 Å². The smallest absolute Gasteiger partial charge is 0.323 e. The molecule has 3 N–H and O–H groups in total. The second kappa shape index (κ2) is 7.17. The maximum absolute atomic E-state index is 12.0. The van der Waals surface area contributed by atoms with Crippen LogP contribution in [0.1, 0.15) is 24.0 Å². The summed E-state index contributed by atoms with van der Waals surface area (Å²) in [5.41, 5.74) is 3.45. The molecule has 1 aliphatic carbocycles. The summed E-state index contributed by atoms with van der Waals surface area (Å²) in [5, 5.41) is 8.54. The maximum atomic E-state index is 12.0. The van der Waals surface area contributed by atoms with Gasteiger partial charge in [-0.05, 0) is 55.2 Å². The summed E-state index contributed by atoms with van der Waals surface area (Å²) >= 11 is 0. The molecule has 3 rings (SSSR count). The fraction of sp³-hybridized carbons (Fsp3) is 0.263. The highest BCUT2D eigenvalue weighted by atomic mass is 16.2. The number of hydrogen-bond acceptors (Lipinski definition) is 2. The van der Waals surface area contributed by atoms with Gasteiger partial charge in [0.1, 0.15) is 0 Å². The molecule has 5 heteroatoms. The maximum Gasteiger partial charge on any atom is 0.323 e. The molecule has 0 saturated heterocycles. The third kappa shape index (κ3) is 4.84. The molecule has 1 aliphatic rings. The zero-order valence-corrected chi connectivity index (χ0v) is 13.6. The number of anilines is 2. The topological polar surface area (TPSA) is 70.2 Å².